The summed E-state index contributed by atoms with van der Waals surface area (Å²) in [7, 11) is 0. The van der Waals surface area contributed by atoms with E-state index in [0.717, 1.165) is 14.7 Å². The maximum atomic E-state index is 4.05. The van der Waals surface area contributed by atoms with Crippen molar-refractivity contribution in [2.45, 2.75) is 0 Å². The summed E-state index contributed by atoms with van der Waals surface area (Å²) in [4.78, 5) is 11.1. The van der Waals surface area contributed by atoms with Gasteiger partial charge in [-0.1, -0.05) is 0 Å². The molecule has 0 aliphatic heterocycles. The van der Waals surface area contributed by atoms with Crippen molar-refractivity contribution in [2.75, 3.05) is 0 Å². The van der Waals surface area contributed by atoms with Gasteiger partial charge in [0.1, 0.15) is 10.0 Å². The summed E-state index contributed by atoms with van der Waals surface area (Å²) in [5.41, 5.74) is 1.99. The summed E-state index contributed by atoms with van der Waals surface area (Å²) in [6.07, 6.45) is 3.43. The van der Waals surface area contributed by atoms with Crippen LogP contribution in [0.3, 0.4) is 0 Å². The quantitative estimate of drug-likeness (QED) is 0.565. The first-order chi connectivity index (χ1) is 4.88. The van der Waals surface area contributed by atoms with Gasteiger partial charge in [-0.2, -0.15) is 0 Å². The molecule has 2 heterocycles. The number of nitrogens with zero attached hydrogens (tertiary/aromatic N) is 2. The molecule has 0 radical (unpaired) electrons. The molecular weight excluding hydrogens is 241 g/mol. The molecule has 0 amide bonds. The zero-order chi connectivity index (χ0) is 6.97. The Morgan fingerprint density at radius 3 is 3.10 bits per heavy atom. The number of hydrogen-bond acceptors (Lipinski definition) is 2. The Hall–Kier alpha value is -0.650. The van der Waals surface area contributed by atoms with Crippen LogP contribution in [0.2, 0.25) is 0 Å². The molecule has 0 aliphatic carbocycles. The first-order valence-electron chi connectivity index (χ1n) is 2.81. The van der Waals surface area contributed by atoms with Gasteiger partial charge in [-0.3, -0.25) is 0 Å². The molecule has 10 heavy (non-hydrogen) atoms. The summed E-state index contributed by atoms with van der Waals surface area (Å²) in [6.45, 7) is 0. The van der Waals surface area contributed by atoms with Gasteiger partial charge < -0.3 is 4.98 Å². The Labute approximate surface area is 71.0 Å². The predicted octanol–water partition coefficient (Wildman–Crippen LogP) is 1.56. The van der Waals surface area contributed by atoms with Crippen LogP contribution >= 0.6 is 22.6 Å². The lowest BCUT2D eigenvalue weighted by Crippen LogP contribution is -1.83. The van der Waals surface area contributed by atoms with Gasteiger partial charge in [-0.25, -0.2) is 9.97 Å². The van der Waals surface area contributed by atoms with Crippen LogP contribution in [-0.4, -0.2) is 15.0 Å². The SMILES string of the molecule is Ic1ncnc2cc[nH]c12. The number of H-pyrrole nitrogens is 1. The second-order valence-electron chi connectivity index (χ2n) is 1.90. The second kappa shape index (κ2) is 2.19. The van der Waals surface area contributed by atoms with Crippen molar-refractivity contribution < 1.29 is 0 Å². The van der Waals surface area contributed by atoms with Crippen molar-refractivity contribution >= 4 is 33.6 Å². The maximum Gasteiger partial charge on any atom is 0.128 e. The van der Waals surface area contributed by atoms with Gasteiger partial charge in [0.15, 0.2) is 0 Å². The van der Waals surface area contributed by atoms with Crippen LogP contribution in [0.4, 0.5) is 0 Å². The van der Waals surface area contributed by atoms with E-state index >= 15 is 0 Å². The number of fused-ring (bicyclic) bond motifs is 1. The van der Waals surface area contributed by atoms with Gasteiger partial charge in [0, 0.05) is 6.20 Å². The standard InChI is InChI=1S/C6H4IN3/c7-6-5-4(1-2-8-5)9-3-10-6/h1-3,8H. The molecular formula is C6H4IN3. The van der Waals surface area contributed by atoms with E-state index in [4.69, 9.17) is 0 Å². The van der Waals surface area contributed by atoms with Gasteiger partial charge in [0.05, 0.1) is 11.0 Å². The average molecular weight is 245 g/mol. The minimum atomic E-state index is 0.965. The Bertz CT molecular complexity index is 355. The number of hydrogen-bond donors (Lipinski definition) is 1. The fourth-order valence-electron chi connectivity index (χ4n) is 0.840. The Morgan fingerprint density at radius 1 is 1.40 bits per heavy atom. The summed E-state index contributed by atoms with van der Waals surface area (Å²) in [6, 6.07) is 1.93. The van der Waals surface area contributed by atoms with Gasteiger partial charge in [0.2, 0.25) is 0 Å². The topological polar surface area (TPSA) is 41.6 Å². The van der Waals surface area contributed by atoms with E-state index in [1.807, 2.05) is 12.3 Å². The molecule has 0 saturated carbocycles. The van der Waals surface area contributed by atoms with Crippen molar-refractivity contribution in [2.24, 2.45) is 0 Å². The number of aromatic nitrogens is 3. The van der Waals surface area contributed by atoms with Crippen LogP contribution in [0.1, 0.15) is 0 Å². The van der Waals surface area contributed by atoms with Gasteiger partial charge in [0.25, 0.3) is 0 Å². The smallest absolute Gasteiger partial charge is 0.128 e. The molecule has 0 bridgehead atoms. The first-order valence-corrected chi connectivity index (χ1v) is 3.89. The highest BCUT2D eigenvalue weighted by Gasteiger charge is 1.98. The van der Waals surface area contributed by atoms with Gasteiger partial charge in [-0.05, 0) is 28.7 Å². The van der Waals surface area contributed by atoms with Crippen molar-refractivity contribution in [1.82, 2.24) is 15.0 Å². The molecule has 50 valence electrons. The molecule has 2 aromatic heterocycles. The van der Waals surface area contributed by atoms with Crippen molar-refractivity contribution in [3.63, 3.8) is 0 Å². The molecule has 0 unspecified atom stereocenters. The zero-order valence-corrected chi connectivity index (χ0v) is 7.16. The summed E-state index contributed by atoms with van der Waals surface area (Å²) < 4.78 is 0.965. The maximum absolute atomic E-state index is 4.05. The van der Waals surface area contributed by atoms with E-state index in [0.29, 0.717) is 0 Å². The number of nitrogens with one attached hydrogen (secondary N) is 1. The minimum Gasteiger partial charge on any atom is -0.358 e. The number of aromatic amines is 1. The Balaban J connectivity index is 2.95. The van der Waals surface area contributed by atoms with Crippen LogP contribution < -0.4 is 0 Å². The van der Waals surface area contributed by atoms with Gasteiger partial charge in [-0.15, -0.1) is 0 Å². The molecule has 0 fully saturated rings. The third kappa shape index (κ3) is 0.792. The highest BCUT2D eigenvalue weighted by atomic mass is 127. The average Bonchev–Trinajstić information content (AvgIpc) is 2.36. The lowest BCUT2D eigenvalue weighted by atomic mass is 10.5. The highest BCUT2D eigenvalue weighted by Crippen LogP contribution is 2.12. The van der Waals surface area contributed by atoms with Crippen LogP contribution in [0, 0.1) is 3.70 Å². The normalized spacial score (nSPS) is 10.5. The van der Waals surface area contributed by atoms with Crippen LogP contribution in [-0.2, 0) is 0 Å². The minimum absolute atomic E-state index is 0.965. The zero-order valence-electron chi connectivity index (χ0n) is 5.00. The third-order valence-electron chi connectivity index (χ3n) is 1.30. The molecule has 2 aromatic rings. The van der Waals surface area contributed by atoms with Gasteiger partial charge >= 0.3 is 0 Å². The molecule has 0 aliphatic rings. The monoisotopic (exact) mass is 245 g/mol. The fraction of sp³-hybridized carbons (Fsp3) is 0. The fourth-order valence-corrected chi connectivity index (χ4v) is 1.40. The van der Waals surface area contributed by atoms with E-state index in [1.165, 1.54) is 0 Å². The largest absolute Gasteiger partial charge is 0.358 e. The predicted molar refractivity (Wildman–Crippen MR) is 46.6 cm³/mol. The number of halogens is 1. The van der Waals surface area contributed by atoms with E-state index in [-0.39, 0.29) is 0 Å². The van der Waals surface area contributed by atoms with E-state index in [9.17, 15) is 0 Å². The molecule has 2 rings (SSSR count). The molecule has 0 atom stereocenters. The Morgan fingerprint density at radius 2 is 2.30 bits per heavy atom. The van der Waals surface area contributed by atoms with E-state index < -0.39 is 0 Å². The summed E-state index contributed by atoms with van der Waals surface area (Å²) in [5.74, 6) is 0. The third-order valence-corrected chi connectivity index (χ3v) is 2.12. The lowest BCUT2D eigenvalue weighted by Gasteiger charge is -1.88. The lowest BCUT2D eigenvalue weighted by molar-refractivity contribution is 1.18. The van der Waals surface area contributed by atoms with Crippen LogP contribution in [0.5, 0.6) is 0 Å². The second-order valence-corrected chi connectivity index (χ2v) is 2.92. The molecule has 0 saturated heterocycles. The van der Waals surface area contributed by atoms with Crippen molar-refractivity contribution in [3.05, 3.63) is 22.3 Å². The summed E-state index contributed by atoms with van der Waals surface area (Å²) >= 11 is 2.17. The van der Waals surface area contributed by atoms with Crippen molar-refractivity contribution in [3.8, 4) is 0 Å². The molecule has 1 N–H and O–H groups in total. The van der Waals surface area contributed by atoms with Crippen molar-refractivity contribution in [1.29, 1.82) is 0 Å². The first kappa shape index (κ1) is 6.09. The highest BCUT2D eigenvalue weighted by molar-refractivity contribution is 14.1. The molecule has 0 aromatic carbocycles. The van der Waals surface area contributed by atoms with E-state index in [1.54, 1.807) is 6.33 Å². The van der Waals surface area contributed by atoms with E-state index in [2.05, 4.69) is 37.5 Å². The van der Waals surface area contributed by atoms with Crippen LogP contribution in [0.15, 0.2) is 18.6 Å². The molecule has 3 nitrogen and oxygen atoms in total. The number of rotatable bonds is 0. The Kier molecular flexibility index (Phi) is 1.33. The summed E-state index contributed by atoms with van der Waals surface area (Å²) in [5, 5.41) is 0. The molecule has 0 spiro atoms. The molecule has 4 heteroatoms. The van der Waals surface area contributed by atoms with Crippen LogP contribution in [0.25, 0.3) is 11.0 Å².